The van der Waals surface area contributed by atoms with Crippen molar-refractivity contribution < 1.29 is 8.42 Å². The van der Waals surface area contributed by atoms with Crippen LogP contribution in [0.2, 0.25) is 0 Å². The fraction of sp³-hybridized carbons (Fsp3) is 0.154. The summed E-state index contributed by atoms with van der Waals surface area (Å²) in [6.07, 6.45) is 1.46. The van der Waals surface area contributed by atoms with Gasteiger partial charge in [0.2, 0.25) is 0 Å². The van der Waals surface area contributed by atoms with Crippen LogP contribution in [0.1, 0.15) is 11.1 Å². The van der Waals surface area contributed by atoms with Gasteiger partial charge in [-0.2, -0.15) is 0 Å². The Kier molecular flexibility index (Phi) is 5.12. The minimum Gasteiger partial charge on any atom is -0.278 e. The molecule has 112 valence electrons. The molecule has 0 saturated carbocycles. The lowest BCUT2D eigenvalue weighted by atomic mass is 10.2. The maximum Gasteiger partial charge on any atom is 0.263 e. The molecule has 8 heteroatoms. The van der Waals surface area contributed by atoms with Crippen LogP contribution in [-0.4, -0.2) is 13.4 Å². The number of anilines is 1. The second-order valence-electron chi connectivity index (χ2n) is 4.47. The van der Waals surface area contributed by atoms with Crippen LogP contribution in [0.3, 0.4) is 0 Å². The lowest BCUT2D eigenvalue weighted by Gasteiger charge is -2.11. The summed E-state index contributed by atoms with van der Waals surface area (Å²) < 4.78 is 29.4. The molecule has 0 radical (unpaired) electrons. The highest BCUT2D eigenvalue weighted by Gasteiger charge is 2.19. The van der Waals surface area contributed by atoms with E-state index in [4.69, 9.17) is 0 Å². The first-order chi connectivity index (χ1) is 9.70. The van der Waals surface area contributed by atoms with Crippen LogP contribution in [0.4, 0.5) is 5.69 Å². The molecule has 2 rings (SSSR count). The van der Waals surface area contributed by atoms with Gasteiger partial charge in [-0.15, -0.1) is 0 Å². The molecule has 0 spiro atoms. The van der Waals surface area contributed by atoms with Crippen LogP contribution in [-0.2, 0) is 10.0 Å². The number of aromatic nitrogens is 1. The van der Waals surface area contributed by atoms with Crippen molar-refractivity contribution in [2.24, 2.45) is 0 Å². The number of sulfonamides is 1. The van der Waals surface area contributed by atoms with Crippen molar-refractivity contribution >= 4 is 63.5 Å². The standard InChI is InChI=1S/C13H11Br3N2O2S/c1-7-4-11(15)12(5-10(7)14)21(19,20)18-9-3-8(2)13(16)17-6-9/h3-6,18H,1-2H3. The third-order valence-corrected chi connectivity index (χ3v) is 6.79. The van der Waals surface area contributed by atoms with Gasteiger partial charge in [-0.3, -0.25) is 4.72 Å². The minimum absolute atomic E-state index is 0.167. The Morgan fingerprint density at radius 3 is 2.29 bits per heavy atom. The summed E-state index contributed by atoms with van der Waals surface area (Å²) in [7, 11) is -3.70. The van der Waals surface area contributed by atoms with Gasteiger partial charge in [0.1, 0.15) is 9.50 Å². The van der Waals surface area contributed by atoms with Gasteiger partial charge in [0, 0.05) is 8.95 Å². The highest BCUT2D eigenvalue weighted by atomic mass is 79.9. The van der Waals surface area contributed by atoms with Gasteiger partial charge >= 0.3 is 0 Å². The molecule has 0 unspecified atom stereocenters. The molecular weight excluding hydrogens is 488 g/mol. The SMILES string of the molecule is Cc1cc(Br)c(S(=O)(=O)Nc2cnc(Br)c(C)c2)cc1Br. The topological polar surface area (TPSA) is 59.1 Å². The number of nitrogens with one attached hydrogen (secondary N) is 1. The zero-order chi connectivity index (χ0) is 15.8. The molecule has 0 atom stereocenters. The number of rotatable bonds is 3. The molecule has 0 saturated heterocycles. The van der Waals surface area contributed by atoms with Gasteiger partial charge in [0.05, 0.1) is 11.9 Å². The highest BCUT2D eigenvalue weighted by molar-refractivity contribution is 9.11. The Bertz CT molecular complexity index is 807. The number of nitrogens with zero attached hydrogens (tertiary/aromatic N) is 1. The Morgan fingerprint density at radius 1 is 1.00 bits per heavy atom. The zero-order valence-electron chi connectivity index (χ0n) is 11.1. The summed E-state index contributed by atoms with van der Waals surface area (Å²) >= 11 is 9.92. The molecule has 1 heterocycles. The monoisotopic (exact) mass is 496 g/mol. The lowest BCUT2D eigenvalue weighted by Crippen LogP contribution is -2.14. The van der Waals surface area contributed by atoms with E-state index < -0.39 is 10.0 Å². The average molecular weight is 499 g/mol. The molecule has 0 amide bonds. The second-order valence-corrected chi connectivity index (χ2v) is 8.58. The molecule has 4 nitrogen and oxygen atoms in total. The van der Waals surface area contributed by atoms with Crippen LogP contribution in [0.5, 0.6) is 0 Å². The Hall–Kier alpha value is -0.440. The van der Waals surface area contributed by atoms with Crippen molar-refractivity contribution in [1.29, 1.82) is 0 Å². The van der Waals surface area contributed by atoms with Crippen molar-refractivity contribution in [3.63, 3.8) is 0 Å². The molecule has 1 aromatic heterocycles. The Morgan fingerprint density at radius 2 is 1.67 bits per heavy atom. The maximum absolute atomic E-state index is 12.5. The van der Waals surface area contributed by atoms with Gasteiger partial charge in [-0.05, 0) is 75.0 Å². The van der Waals surface area contributed by atoms with Crippen molar-refractivity contribution in [2.75, 3.05) is 4.72 Å². The summed E-state index contributed by atoms with van der Waals surface area (Å²) in [4.78, 5) is 4.25. The van der Waals surface area contributed by atoms with Crippen LogP contribution in [0.15, 0.2) is 42.8 Å². The van der Waals surface area contributed by atoms with Crippen LogP contribution < -0.4 is 4.72 Å². The Labute approximate surface area is 148 Å². The molecule has 0 bridgehead atoms. The highest BCUT2D eigenvalue weighted by Crippen LogP contribution is 2.30. The first-order valence-corrected chi connectivity index (χ1v) is 9.67. The van der Waals surface area contributed by atoms with Gasteiger partial charge in [-0.25, -0.2) is 13.4 Å². The number of hydrogen-bond donors (Lipinski definition) is 1. The maximum atomic E-state index is 12.5. The molecule has 0 aliphatic carbocycles. The number of halogens is 3. The summed E-state index contributed by atoms with van der Waals surface area (Å²) in [6.45, 7) is 3.73. The van der Waals surface area contributed by atoms with Gasteiger partial charge < -0.3 is 0 Å². The normalized spacial score (nSPS) is 11.5. The van der Waals surface area contributed by atoms with E-state index in [9.17, 15) is 8.42 Å². The average Bonchev–Trinajstić information content (AvgIpc) is 2.37. The smallest absolute Gasteiger partial charge is 0.263 e. The number of aryl methyl sites for hydroxylation is 2. The van der Waals surface area contributed by atoms with E-state index in [1.807, 2.05) is 13.8 Å². The number of pyridine rings is 1. The molecule has 0 aliphatic rings. The van der Waals surface area contributed by atoms with E-state index in [0.29, 0.717) is 14.8 Å². The third kappa shape index (κ3) is 3.85. The van der Waals surface area contributed by atoms with E-state index in [1.165, 1.54) is 6.20 Å². The van der Waals surface area contributed by atoms with Crippen molar-refractivity contribution in [2.45, 2.75) is 18.7 Å². The predicted molar refractivity (Wildman–Crippen MR) is 94.1 cm³/mol. The van der Waals surface area contributed by atoms with Gasteiger partial charge in [-0.1, -0.05) is 15.9 Å². The molecule has 21 heavy (non-hydrogen) atoms. The fourth-order valence-electron chi connectivity index (χ4n) is 1.66. The molecule has 1 aromatic carbocycles. The summed E-state index contributed by atoms with van der Waals surface area (Å²) in [6, 6.07) is 5.04. The van der Waals surface area contributed by atoms with E-state index in [0.717, 1.165) is 15.6 Å². The zero-order valence-corrected chi connectivity index (χ0v) is 16.7. The van der Waals surface area contributed by atoms with Crippen molar-refractivity contribution in [3.05, 3.63) is 49.1 Å². The largest absolute Gasteiger partial charge is 0.278 e. The second kappa shape index (κ2) is 6.36. The fourth-order valence-corrected chi connectivity index (χ4v) is 4.59. The quantitative estimate of drug-likeness (QED) is 0.619. The minimum atomic E-state index is -3.70. The van der Waals surface area contributed by atoms with Crippen molar-refractivity contribution in [3.8, 4) is 0 Å². The number of benzene rings is 1. The van der Waals surface area contributed by atoms with E-state index in [-0.39, 0.29) is 4.90 Å². The number of hydrogen-bond acceptors (Lipinski definition) is 3. The van der Waals surface area contributed by atoms with E-state index in [1.54, 1.807) is 18.2 Å². The van der Waals surface area contributed by atoms with Gasteiger partial charge in [0.15, 0.2) is 0 Å². The molecule has 1 N–H and O–H groups in total. The van der Waals surface area contributed by atoms with Crippen LogP contribution in [0.25, 0.3) is 0 Å². The first kappa shape index (κ1) is 16.9. The molecule has 0 fully saturated rings. The molecule has 0 aliphatic heterocycles. The summed E-state index contributed by atoms with van der Waals surface area (Å²) in [5, 5.41) is 0. The summed E-state index contributed by atoms with van der Waals surface area (Å²) in [5.41, 5.74) is 2.21. The Balaban J connectivity index is 2.43. The van der Waals surface area contributed by atoms with Crippen LogP contribution >= 0.6 is 47.8 Å². The van der Waals surface area contributed by atoms with Crippen LogP contribution in [0, 0.1) is 13.8 Å². The van der Waals surface area contributed by atoms with E-state index in [2.05, 4.69) is 57.5 Å². The lowest BCUT2D eigenvalue weighted by molar-refractivity contribution is 0.600. The molecule has 2 aromatic rings. The van der Waals surface area contributed by atoms with Gasteiger partial charge in [0.25, 0.3) is 10.0 Å². The third-order valence-electron chi connectivity index (χ3n) is 2.77. The molecular formula is C13H11Br3N2O2S. The van der Waals surface area contributed by atoms with E-state index >= 15 is 0 Å². The van der Waals surface area contributed by atoms with Crippen molar-refractivity contribution in [1.82, 2.24) is 4.98 Å². The summed E-state index contributed by atoms with van der Waals surface area (Å²) in [5.74, 6) is 0. The first-order valence-electron chi connectivity index (χ1n) is 5.81. The predicted octanol–water partition coefficient (Wildman–Crippen LogP) is 4.79.